The van der Waals surface area contributed by atoms with E-state index in [1.54, 1.807) is 6.92 Å². The van der Waals surface area contributed by atoms with Crippen LogP contribution in [-0.2, 0) is 13.0 Å². The molecule has 0 fully saturated rings. The summed E-state index contributed by atoms with van der Waals surface area (Å²) in [6.07, 6.45) is 1.02. The SMILES string of the molecule is CC(C#N)CNC(=O)c1ccc2c(c1)CNCC2. The molecule has 4 heteroatoms. The van der Waals surface area contributed by atoms with E-state index in [0.717, 1.165) is 19.5 Å². The summed E-state index contributed by atoms with van der Waals surface area (Å²) in [6.45, 7) is 4.00. The van der Waals surface area contributed by atoms with E-state index in [-0.39, 0.29) is 11.8 Å². The van der Waals surface area contributed by atoms with Crippen molar-refractivity contribution in [3.63, 3.8) is 0 Å². The van der Waals surface area contributed by atoms with Crippen molar-refractivity contribution in [1.29, 1.82) is 5.26 Å². The van der Waals surface area contributed by atoms with E-state index in [2.05, 4.69) is 16.7 Å². The highest BCUT2D eigenvalue weighted by molar-refractivity contribution is 5.94. The molecule has 18 heavy (non-hydrogen) atoms. The third-order valence-electron chi connectivity index (χ3n) is 3.14. The van der Waals surface area contributed by atoms with Crippen LogP contribution in [0.25, 0.3) is 0 Å². The van der Waals surface area contributed by atoms with Crippen LogP contribution < -0.4 is 10.6 Å². The van der Waals surface area contributed by atoms with Gasteiger partial charge in [-0.15, -0.1) is 0 Å². The first kappa shape index (κ1) is 12.6. The summed E-state index contributed by atoms with van der Waals surface area (Å²) < 4.78 is 0. The minimum Gasteiger partial charge on any atom is -0.351 e. The van der Waals surface area contributed by atoms with Crippen LogP contribution in [0, 0.1) is 17.2 Å². The average molecular weight is 243 g/mol. The zero-order valence-electron chi connectivity index (χ0n) is 10.5. The fourth-order valence-corrected chi connectivity index (χ4v) is 2.02. The number of fused-ring (bicyclic) bond motifs is 1. The van der Waals surface area contributed by atoms with Crippen LogP contribution in [0.2, 0.25) is 0 Å². The lowest BCUT2D eigenvalue weighted by molar-refractivity contribution is 0.0950. The van der Waals surface area contributed by atoms with Crippen molar-refractivity contribution in [1.82, 2.24) is 10.6 Å². The molecule has 0 saturated heterocycles. The maximum Gasteiger partial charge on any atom is 0.251 e. The number of carbonyl (C=O) groups is 1. The smallest absolute Gasteiger partial charge is 0.251 e. The molecule has 0 aromatic heterocycles. The van der Waals surface area contributed by atoms with Crippen molar-refractivity contribution >= 4 is 5.91 Å². The lowest BCUT2D eigenvalue weighted by Gasteiger charge is -2.17. The highest BCUT2D eigenvalue weighted by Gasteiger charge is 2.12. The molecule has 0 saturated carbocycles. The molecule has 1 amide bonds. The second kappa shape index (κ2) is 5.65. The summed E-state index contributed by atoms with van der Waals surface area (Å²) in [5, 5.41) is 14.7. The number of carbonyl (C=O) groups excluding carboxylic acids is 1. The standard InChI is InChI=1S/C14H17N3O/c1-10(7-15)8-17-14(18)12-3-2-11-4-5-16-9-13(11)6-12/h2-3,6,10,16H,4-5,8-9H2,1H3,(H,17,18). The Hall–Kier alpha value is -1.86. The summed E-state index contributed by atoms with van der Waals surface area (Å²) >= 11 is 0. The molecule has 1 aromatic rings. The topological polar surface area (TPSA) is 64.9 Å². The fourth-order valence-electron chi connectivity index (χ4n) is 2.02. The molecule has 2 rings (SSSR count). The molecule has 2 N–H and O–H groups in total. The van der Waals surface area contributed by atoms with E-state index in [9.17, 15) is 4.79 Å². The average Bonchev–Trinajstić information content (AvgIpc) is 2.43. The summed E-state index contributed by atoms with van der Waals surface area (Å²) in [5.74, 6) is -0.265. The molecule has 1 aromatic carbocycles. The predicted octanol–water partition coefficient (Wildman–Crippen LogP) is 1.22. The Morgan fingerprint density at radius 2 is 2.39 bits per heavy atom. The molecule has 1 aliphatic heterocycles. The largest absolute Gasteiger partial charge is 0.351 e. The van der Waals surface area contributed by atoms with Gasteiger partial charge in [-0.05, 0) is 43.1 Å². The Kier molecular flexibility index (Phi) is 3.96. The van der Waals surface area contributed by atoms with Gasteiger partial charge in [0.2, 0.25) is 0 Å². The molecule has 0 spiro atoms. The molecule has 94 valence electrons. The van der Waals surface area contributed by atoms with Crippen LogP contribution in [0.5, 0.6) is 0 Å². The number of benzene rings is 1. The van der Waals surface area contributed by atoms with E-state index >= 15 is 0 Å². The second-order valence-electron chi connectivity index (χ2n) is 4.65. The van der Waals surface area contributed by atoms with Gasteiger partial charge in [0.25, 0.3) is 5.91 Å². The summed E-state index contributed by atoms with van der Waals surface area (Å²) in [7, 11) is 0. The number of hydrogen-bond donors (Lipinski definition) is 2. The van der Waals surface area contributed by atoms with Gasteiger partial charge in [-0.3, -0.25) is 4.79 Å². The van der Waals surface area contributed by atoms with Gasteiger partial charge >= 0.3 is 0 Å². The maximum absolute atomic E-state index is 11.9. The molecule has 1 heterocycles. The lowest BCUT2D eigenvalue weighted by Crippen LogP contribution is -2.29. The number of hydrogen-bond acceptors (Lipinski definition) is 3. The Labute approximate surface area is 107 Å². The summed E-state index contributed by atoms with van der Waals surface area (Å²) in [4.78, 5) is 11.9. The van der Waals surface area contributed by atoms with Crippen molar-refractivity contribution in [3.05, 3.63) is 34.9 Å². The molecule has 0 radical (unpaired) electrons. The van der Waals surface area contributed by atoms with E-state index < -0.39 is 0 Å². The van der Waals surface area contributed by atoms with Crippen molar-refractivity contribution in [3.8, 4) is 6.07 Å². The van der Waals surface area contributed by atoms with Crippen molar-refractivity contribution in [2.75, 3.05) is 13.1 Å². The van der Waals surface area contributed by atoms with Gasteiger partial charge in [0.05, 0.1) is 12.0 Å². The molecular formula is C14H17N3O. The zero-order valence-corrected chi connectivity index (χ0v) is 10.5. The normalized spacial score (nSPS) is 15.3. The van der Waals surface area contributed by atoms with E-state index in [0.29, 0.717) is 12.1 Å². The Morgan fingerprint density at radius 3 is 3.17 bits per heavy atom. The number of nitrogens with zero attached hydrogens (tertiary/aromatic N) is 1. The Balaban J connectivity index is 2.05. The number of rotatable bonds is 3. The van der Waals surface area contributed by atoms with Crippen LogP contribution in [0.3, 0.4) is 0 Å². The van der Waals surface area contributed by atoms with Gasteiger partial charge < -0.3 is 10.6 Å². The van der Waals surface area contributed by atoms with Crippen LogP contribution in [0.15, 0.2) is 18.2 Å². The molecule has 1 unspecified atom stereocenters. The number of nitriles is 1. The first-order chi connectivity index (χ1) is 8.70. The third-order valence-corrected chi connectivity index (χ3v) is 3.14. The lowest BCUT2D eigenvalue weighted by atomic mass is 9.98. The maximum atomic E-state index is 11.9. The highest BCUT2D eigenvalue weighted by Crippen LogP contribution is 2.15. The molecular weight excluding hydrogens is 226 g/mol. The van der Waals surface area contributed by atoms with E-state index in [1.165, 1.54) is 11.1 Å². The summed E-state index contributed by atoms with van der Waals surface area (Å²) in [5.41, 5.74) is 3.18. The third kappa shape index (κ3) is 2.88. The van der Waals surface area contributed by atoms with Gasteiger partial charge in [0, 0.05) is 18.7 Å². The van der Waals surface area contributed by atoms with Crippen molar-refractivity contribution in [2.45, 2.75) is 19.9 Å². The zero-order chi connectivity index (χ0) is 13.0. The van der Waals surface area contributed by atoms with Gasteiger partial charge in [-0.25, -0.2) is 0 Å². The first-order valence-electron chi connectivity index (χ1n) is 6.21. The van der Waals surface area contributed by atoms with Crippen LogP contribution in [-0.4, -0.2) is 19.0 Å². The van der Waals surface area contributed by atoms with Crippen molar-refractivity contribution in [2.24, 2.45) is 5.92 Å². The van der Waals surface area contributed by atoms with Gasteiger partial charge in [-0.2, -0.15) is 5.26 Å². The predicted molar refractivity (Wildman–Crippen MR) is 69.0 cm³/mol. The minimum atomic E-state index is -0.159. The number of amides is 1. The molecule has 0 bridgehead atoms. The Bertz CT molecular complexity index is 490. The fraction of sp³-hybridized carbons (Fsp3) is 0.429. The molecule has 1 aliphatic rings. The van der Waals surface area contributed by atoms with Crippen LogP contribution in [0.4, 0.5) is 0 Å². The Morgan fingerprint density at radius 1 is 1.56 bits per heavy atom. The molecule has 1 atom stereocenters. The first-order valence-corrected chi connectivity index (χ1v) is 6.21. The molecule has 4 nitrogen and oxygen atoms in total. The minimum absolute atomic E-state index is 0.106. The second-order valence-corrected chi connectivity index (χ2v) is 4.65. The van der Waals surface area contributed by atoms with E-state index in [4.69, 9.17) is 5.26 Å². The van der Waals surface area contributed by atoms with Crippen LogP contribution in [0.1, 0.15) is 28.4 Å². The quantitative estimate of drug-likeness (QED) is 0.839. The molecule has 0 aliphatic carbocycles. The van der Waals surface area contributed by atoms with Gasteiger partial charge in [0.15, 0.2) is 0 Å². The van der Waals surface area contributed by atoms with E-state index in [1.807, 2.05) is 18.2 Å². The van der Waals surface area contributed by atoms with Gasteiger partial charge in [0.1, 0.15) is 0 Å². The number of nitrogens with one attached hydrogen (secondary N) is 2. The van der Waals surface area contributed by atoms with Gasteiger partial charge in [-0.1, -0.05) is 6.07 Å². The highest BCUT2D eigenvalue weighted by atomic mass is 16.1. The monoisotopic (exact) mass is 243 g/mol. The van der Waals surface area contributed by atoms with Crippen molar-refractivity contribution < 1.29 is 4.79 Å². The summed E-state index contributed by atoms with van der Waals surface area (Å²) in [6, 6.07) is 7.92. The van der Waals surface area contributed by atoms with Crippen LogP contribution >= 0.6 is 0 Å².